The Balaban J connectivity index is 1.83. The highest BCUT2D eigenvalue weighted by atomic mass is 32.2. The predicted octanol–water partition coefficient (Wildman–Crippen LogP) is 0.581. The highest BCUT2D eigenvalue weighted by Gasteiger charge is 2.18. The molecule has 1 aromatic rings. The van der Waals surface area contributed by atoms with Crippen molar-refractivity contribution in [1.82, 2.24) is 15.4 Å². The minimum atomic E-state index is -3.42. The summed E-state index contributed by atoms with van der Waals surface area (Å²) in [6.07, 6.45) is 0. The summed E-state index contributed by atoms with van der Waals surface area (Å²) < 4.78 is 26.9. The molecule has 1 atom stereocenters. The van der Waals surface area contributed by atoms with Gasteiger partial charge in [-0.25, -0.2) is 13.1 Å². The Bertz CT molecular complexity index is 607. The average molecular weight is 316 g/mol. The van der Waals surface area contributed by atoms with Crippen LogP contribution in [0.4, 0.5) is 0 Å². The fourth-order valence-corrected chi connectivity index (χ4v) is 4.56. The third-order valence-corrected chi connectivity index (χ3v) is 5.58. The Labute approximate surface area is 123 Å². The molecule has 1 unspecified atom stereocenters. The van der Waals surface area contributed by atoms with E-state index < -0.39 is 10.0 Å². The Morgan fingerprint density at radius 1 is 1.45 bits per heavy atom. The van der Waals surface area contributed by atoms with Crippen LogP contribution in [0.5, 0.6) is 0 Å². The van der Waals surface area contributed by atoms with Crippen molar-refractivity contribution in [2.45, 2.75) is 31.7 Å². The van der Waals surface area contributed by atoms with Crippen molar-refractivity contribution >= 4 is 27.3 Å². The van der Waals surface area contributed by atoms with E-state index in [1.165, 1.54) is 11.3 Å². The highest BCUT2D eigenvalue weighted by molar-refractivity contribution is 7.89. The summed E-state index contributed by atoms with van der Waals surface area (Å²) in [7, 11) is -3.42. The second kappa shape index (κ2) is 6.11. The van der Waals surface area contributed by atoms with Crippen LogP contribution >= 0.6 is 11.3 Å². The molecule has 0 saturated heterocycles. The predicted molar refractivity (Wildman–Crippen MR) is 81.9 cm³/mol. The van der Waals surface area contributed by atoms with Crippen LogP contribution in [0.3, 0.4) is 0 Å². The van der Waals surface area contributed by atoms with Gasteiger partial charge in [-0.05, 0) is 26.8 Å². The molecular weight excluding hydrogens is 296 g/mol. The summed E-state index contributed by atoms with van der Waals surface area (Å²) in [5.41, 5.74) is 0. The van der Waals surface area contributed by atoms with Crippen LogP contribution < -0.4 is 15.4 Å². The van der Waals surface area contributed by atoms with Gasteiger partial charge in [0.15, 0.2) is 5.96 Å². The third kappa shape index (κ3) is 3.71. The minimum Gasteiger partial charge on any atom is -0.355 e. The number of hydrogen-bond donors (Lipinski definition) is 3. The molecule has 0 amide bonds. The van der Waals surface area contributed by atoms with Crippen LogP contribution in [-0.2, 0) is 10.0 Å². The lowest BCUT2D eigenvalue weighted by atomic mass is 10.4. The van der Waals surface area contributed by atoms with Crippen molar-refractivity contribution in [3.05, 3.63) is 15.8 Å². The van der Waals surface area contributed by atoms with Crippen LogP contribution in [0.25, 0.3) is 0 Å². The molecule has 1 aliphatic heterocycles. The van der Waals surface area contributed by atoms with E-state index in [1.54, 1.807) is 6.07 Å². The fraction of sp³-hybridized carbons (Fsp3) is 0.583. The fourth-order valence-electron chi connectivity index (χ4n) is 1.98. The van der Waals surface area contributed by atoms with Crippen molar-refractivity contribution in [2.75, 3.05) is 19.6 Å². The van der Waals surface area contributed by atoms with E-state index in [2.05, 4.69) is 20.3 Å². The second-order valence-electron chi connectivity index (χ2n) is 4.84. The third-order valence-electron chi connectivity index (χ3n) is 2.90. The first kappa shape index (κ1) is 15.3. The minimum absolute atomic E-state index is 0.325. The van der Waals surface area contributed by atoms with Crippen LogP contribution in [-0.4, -0.2) is 40.1 Å². The monoisotopic (exact) mass is 316 g/mol. The van der Waals surface area contributed by atoms with Crippen LogP contribution in [0.15, 0.2) is 16.0 Å². The van der Waals surface area contributed by atoms with E-state index in [-0.39, 0.29) is 0 Å². The second-order valence-corrected chi connectivity index (χ2v) is 8.03. The van der Waals surface area contributed by atoms with Gasteiger partial charge < -0.3 is 10.6 Å². The molecule has 6 nitrogen and oxygen atoms in total. The SMILES string of the molecule is Cc1cc(S(=O)(=O)NCCNC2=NCC(C)N2)c(C)s1. The van der Waals surface area contributed by atoms with Gasteiger partial charge in [-0.3, -0.25) is 4.99 Å². The van der Waals surface area contributed by atoms with Gasteiger partial charge in [0.1, 0.15) is 0 Å². The number of nitrogens with zero attached hydrogens (tertiary/aromatic N) is 1. The molecular formula is C12H20N4O2S2. The summed E-state index contributed by atoms with van der Waals surface area (Å²) in [4.78, 5) is 6.44. The zero-order valence-corrected chi connectivity index (χ0v) is 13.5. The maximum atomic E-state index is 12.1. The van der Waals surface area contributed by atoms with Crippen molar-refractivity contribution < 1.29 is 8.42 Å². The van der Waals surface area contributed by atoms with E-state index in [0.29, 0.717) is 24.0 Å². The first-order valence-corrected chi connectivity index (χ1v) is 8.80. The normalized spacial score (nSPS) is 18.8. The summed E-state index contributed by atoms with van der Waals surface area (Å²) in [6.45, 7) is 7.35. The van der Waals surface area contributed by atoms with Gasteiger partial charge >= 0.3 is 0 Å². The van der Waals surface area contributed by atoms with Crippen LogP contribution in [0.1, 0.15) is 16.7 Å². The lowest BCUT2D eigenvalue weighted by Gasteiger charge is -2.10. The van der Waals surface area contributed by atoms with Gasteiger partial charge in [-0.15, -0.1) is 11.3 Å². The van der Waals surface area contributed by atoms with Gasteiger partial charge in [0.25, 0.3) is 0 Å². The first-order valence-electron chi connectivity index (χ1n) is 6.50. The van der Waals surface area contributed by atoms with Crippen molar-refractivity contribution in [3.8, 4) is 0 Å². The van der Waals surface area contributed by atoms with E-state index in [9.17, 15) is 8.42 Å². The molecule has 0 aliphatic carbocycles. The number of nitrogens with one attached hydrogen (secondary N) is 3. The molecule has 0 saturated carbocycles. The summed E-state index contributed by atoms with van der Waals surface area (Å²) in [5, 5.41) is 6.23. The van der Waals surface area contributed by atoms with Gasteiger partial charge in [0, 0.05) is 28.9 Å². The Hall–Kier alpha value is -1.12. The molecule has 1 aromatic heterocycles. The van der Waals surface area contributed by atoms with E-state index in [0.717, 1.165) is 22.3 Å². The topological polar surface area (TPSA) is 82.6 Å². The molecule has 0 bridgehead atoms. The first-order chi connectivity index (χ1) is 9.38. The smallest absolute Gasteiger partial charge is 0.241 e. The zero-order chi connectivity index (χ0) is 14.8. The Morgan fingerprint density at radius 3 is 2.75 bits per heavy atom. The molecule has 0 fully saturated rings. The molecule has 1 aliphatic rings. The van der Waals surface area contributed by atoms with E-state index in [4.69, 9.17) is 0 Å². The lowest BCUT2D eigenvalue weighted by Crippen LogP contribution is -2.41. The Morgan fingerprint density at radius 2 is 2.20 bits per heavy atom. The molecule has 8 heteroatoms. The number of sulfonamides is 1. The number of thiophene rings is 1. The average Bonchev–Trinajstić information content (AvgIpc) is 2.91. The standard InChI is InChI=1S/C12H20N4O2S2/c1-8-7-14-12(16-8)13-4-5-15-20(17,18)11-6-9(2)19-10(11)3/h6,8,15H,4-5,7H2,1-3H3,(H2,13,14,16). The van der Waals surface area contributed by atoms with Gasteiger partial charge in [-0.1, -0.05) is 0 Å². The lowest BCUT2D eigenvalue weighted by molar-refractivity contribution is 0.580. The van der Waals surface area contributed by atoms with Crippen LogP contribution in [0.2, 0.25) is 0 Å². The summed E-state index contributed by atoms with van der Waals surface area (Å²) >= 11 is 1.49. The number of guanidine groups is 1. The molecule has 112 valence electrons. The van der Waals surface area contributed by atoms with Gasteiger partial charge in [0.05, 0.1) is 11.4 Å². The summed E-state index contributed by atoms with van der Waals surface area (Å²) in [6, 6.07) is 2.05. The molecule has 2 heterocycles. The molecule has 0 spiro atoms. The number of aryl methyl sites for hydroxylation is 2. The Kier molecular flexibility index (Phi) is 4.66. The number of rotatable bonds is 5. The van der Waals surface area contributed by atoms with Gasteiger partial charge in [-0.2, -0.15) is 0 Å². The number of hydrogen-bond acceptors (Lipinski definition) is 6. The van der Waals surface area contributed by atoms with Crippen LogP contribution in [0, 0.1) is 13.8 Å². The molecule has 0 radical (unpaired) electrons. The molecule has 20 heavy (non-hydrogen) atoms. The van der Waals surface area contributed by atoms with Crippen molar-refractivity contribution in [1.29, 1.82) is 0 Å². The zero-order valence-electron chi connectivity index (χ0n) is 11.9. The molecule has 0 aromatic carbocycles. The van der Waals surface area contributed by atoms with Crippen molar-refractivity contribution in [2.24, 2.45) is 4.99 Å². The molecule has 2 rings (SSSR count). The maximum absolute atomic E-state index is 12.1. The summed E-state index contributed by atoms with van der Waals surface area (Å²) in [5.74, 6) is 0.735. The van der Waals surface area contributed by atoms with E-state index in [1.807, 2.05) is 20.8 Å². The quantitative estimate of drug-likeness (QED) is 0.694. The highest BCUT2D eigenvalue weighted by Crippen LogP contribution is 2.24. The van der Waals surface area contributed by atoms with Gasteiger partial charge in [0.2, 0.25) is 10.0 Å². The van der Waals surface area contributed by atoms with E-state index >= 15 is 0 Å². The van der Waals surface area contributed by atoms with Crippen molar-refractivity contribution in [3.63, 3.8) is 0 Å². The number of aliphatic imine (C=N–C) groups is 1. The molecule has 3 N–H and O–H groups in total. The maximum Gasteiger partial charge on any atom is 0.241 e. The largest absolute Gasteiger partial charge is 0.355 e.